The molecule has 23 heavy (non-hydrogen) atoms. The van der Waals surface area contributed by atoms with Crippen LogP contribution in [0.5, 0.6) is 0 Å². The predicted octanol–water partition coefficient (Wildman–Crippen LogP) is 4.31. The highest BCUT2D eigenvalue weighted by Crippen LogP contribution is 2.28. The molecule has 0 atom stereocenters. The predicted molar refractivity (Wildman–Crippen MR) is 95.0 cm³/mol. The minimum atomic E-state index is 0. The highest BCUT2D eigenvalue weighted by atomic mass is 35.5. The summed E-state index contributed by atoms with van der Waals surface area (Å²) in [5.41, 5.74) is 2.33. The molecule has 0 aliphatic carbocycles. The first-order valence-corrected chi connectivity index (χ1v) is 8.34. The van der Waals surface area contributed by atoms with Crippen LogP contribution in [0, 0.1) is 0 Å². The third-order valence-corrected chi connectivity index (χ3v) is 4.68. The molecule has 0 spiro atoms. The van der Waals surface area contributed by atoms with E-state index in [-0.39, 0.29) is 12.4 Å². The summed E-state index contributed by atoms with van der Waals surface area (Å²) < 4.78 is 5.48. The average Bonchev–Trinajstić information content (AvgIpc) is 3.05. The molecular weight excluding hydrogens is 310 g/mol. The van der Waals surface area contributed by atoms with Crippen LogP contribution < -0.4 is 0 Å². The summed E-state index contributed by atoms with van der Waals surface area (Å²) in [5.74, 6) is 1.95. The highest BCUT2D eigenvalue weighted by molar-refractivity contribution is 5.85. The second-order valence-electron chi connectivity index (χ2n) is 6.41. The van der Waals surface area contributed by atoms with Gasteiger partial charge < -0.3 is 9.42 Å². The van der Waals surface area contributed by atoms with Gasteiger partial charge in [0.2, 0.25) is 0 Å². The molecule has 2 heterocycles. The third kappa shape index (κ3) is 4.12. The van der Waals surface area contributed by atoms with Crippen molar-refractivity contribution >= 4 is 12.4 Å². The summed E-state index contributed by atoms with van der Waals surface area (Å²) in [7, 11) is 0. The molecule has 4 nitrogen and oxygen atoms in total. The molecule has 126 valence electrons. The van der Waals surface area contributed by atoms with E-state index >= 15 is 0 Å². The lowest BCUT2D eigenvalue weighted by molar-refractivity contribution is 0.168. The van der Waals surface area contributed by atoms with E-state index in [9.17, 15) is 0 Å². The molecule has 1 aromatic heterocycles. The molecule has 0 N–H and O–H groups in total. The Labute approximate surface area is 144 Å². The maximum Gasteiger partial charge on any atom is 0.257 e. The fourth-order valence-electron chi connectivity index (χ4n) is 3.08. The van der Waals surface area contributed by atoms with E-state index in [1.54, 1.807) is 0 Å². The molecule has 1 saturated heterocycles. The van der Waals surface area contributed by atoms with Crippen molar-refractivity contribution in [1.29, 1.82) is 0 Å². The van der Waals surface area contributed by atoms with Crippen molar-refractivity contribution in [1.82, 2.24) is 15.0 Å². The van der Waals surface area contributed by atoms with Gasteiger partial charge in [-0.1, -0.05) is 24.2 Å². The second-order valence-corrected chi connectivity index (χ2v) is 6.41. The van der Waals surface area contributed by atoms with Gasteiger partial charge in [0.05, 0.1) is 0 Å². The molecule has 0 saturated carbocycles. The van der Waals surface area contributed by atoms with E-state index < -0.39 is 0 Å². The van der Waals surface area contributed by atoms with Gasteiger partial charge in [-0.05, 0) is 63.9 Å². The molecule has 0 amide bonds. The number of hydrogen-bond acceptors (Lipinski definition) is 4. The van der Waals surface area contributed by atoms with Crippen molar-refractivity contribution in [2.45, 2.75) is 52.0 Å². The number of nitrogens with zero attached hydrogens (tertiary/aromatic N) is 3. The zero-order chi connectivity index (χ0) is 15.5. The van der Waals surface area contributed by atoms with E-state index in [1.807, 2.05) is 0 Å². The van der Waals surface area contributed by atoms with Crippen molar-refractivity contribution in [2.75, 3.05) is 13.1 Å². The molecule has 1 aliphatic heterocycles. The Kier molecular flexibility index (Phi) is 6.19. The van der Waals surface area contributed by atoms with Crippen LogP contribution in [0.15, 0.2) is 28.8 Å². The number of hydrogen-bond donors (Lipinski definition) is 0. The highest BCUT2D eigenvalue weighted by Gasteiger charge is 2.25. The molecular formula is C18H26ClN3O. The Hall–Kier alpha value is -1.39. The normalized spacial score (nSPS) is 16.5. The van der Waals surface area contributed by atoms with Crippen molar-refractivity contribution in [3.63, 3.8) is 0 Å². The van der Waals surface area contributed by atoms with Crippen LogP contribution in [0.1, 0.15) is 50.9 Å². The number of aromatic nitrogens is 2. The smallest absolute Gasteiger partial charge is 0.257 e. The summed E-state index contributed by atoms with van der Waals surface area (Å²) in [5, 5.41) is 4.22. The van der Waals surface area contributed by atoms with Crippen LogP contribution in [-0.4, -0.2) is 34.2 Å². The third-order valence-electron chi connectivity index (χ3n) is 4.68. The summed E-state index contributed by atoms with van der Waals surface area (Å²) >= 11 is 0. The van der Waals surface area contributed by atoms with Gasteiger partial charge in [0.25, 0.3) is 5.89 Å². The number of likely N-dealkylation sites (tertiary alicyclic amines) is 1. The van der Waals surface area contributed by atoms with Gasteiger partial charge in [-0.2, -0.15) is 4.98 Å². The maximum atomic E-state index is 5.48. The molecule has 0 bridgehead atoms. The second kappa shape index (κ2) is 7.93. The van der Waals surface area contributed by atoms with Crippen LogP contribution in [0.3, 0.4) is 0 Å². The maximum absolute atomic E-state index is 5.48. The van der Waals surface area contributed by atoms with E-state index in [4.69, 9.17) is 4.52 Å². The van der Waals surface area contributed by atoms with Crippen LogP contribution in [0.2, 0.25) is 0 Å². The topological polar surface area (TPSA) is 42.2 Å². The molecule has 2 aromatic rings. The summed E-state index contributed by atoms with van der Waals surface area (Å²) in [4.78, 5) is 7.15. The van der Waals surface area contributed by atoms with Crippen molar-refractivity contribution in [3.8, 4) is 11.5 Å². The molecule has 0 unspecified atom stereocenters. The monoisotopic (exact) mass is 335 g/mol. The Bertz CT molecular complexity index is 601. The average molecular weight is 336 g/mol. The summed E-state index contributed by atoms with van der Waals surface area (Å²) in [6.07, 6.45) is 3.28. The standard InChI is InChI=1S/C18H25N3O.ClH/c1-4-14-5-7-16(8-6-14)18-19-17(20-22-18)15-9-11-21(12-10-15)13(2)3;/h5-8,13,15H,4,9-12H2,1-3H3;1H. The number of halogens is 1. The summed E-state index contributed by atoms with van der Waals surface area (Å²) in [6.45, 7) is 8.91. The van der Waals surface area contributed by atoms with Crippen molar-refractivity contribution in [2.24, 2.45) is 0 Å². The van der Waals surface area contributed by atoms with E-state index in [1.165, 1.54) is 5.56 Å². The lowest BCUT2D eigenvalue weighted by Crippen LogP contribution is -2.38. The number of aryl methyl sites for hydroxylation is 1. The SMILES string of the molecule is CCc1ccc(-c2nc(C3CCN(C(C)C)CC3)no2)cc1.Cl. The van der Waals surface area contributed by atoms with E-state index in [0.717, 1.165) is 43.7 Å². The van der Waals surface area contributed by atoms with Gasteiger partial charge in [0.15, 0.2) is 5.82 Å². The number of piperidine rings is 1. The first kappa shape index (κ1) is 18.0. The largest absolute Gasteiger partial charge is 0.334 e. The lowest BCUT2D eigenvalue weighted by Gasteiger charge is -2.33. The zero-order valence-electron chi connectivity index (χ0n) is 14.2. The van der Waals surface area contributed by atoms with Crippen molar-refractivity contribution < 1.29 is 4.52 Å². The van der Waals surface area contributed by atoms with Crippen LogP contribution >= 0.6 is 12.4 Å². The first-order chi connectivity index (χ1) is 10.7. The minimum absolute atomic E-state index is 0. The molecule has 1 aromatic carbocycles. The van der Waals surface area contributed by atoms with Gasteiger partial charge in [-0.3, -0.25) is 0 Å². The molecule has 0 radical (unpaired) electrons. The number of benzene rings is 1. The van der Waals surface area contributed by atoms with Crippen LogP contribution in [0.4, 0.5) is 0 Å². The Balaban J connectivity index is 0.00000192. The Morgan fingerprint density at radius 1 is 1.17 bits per heavy atom. The van der Waals surface area contributed by atoms with Gasteiger partial charge in [0, 0.05) is 17.5 Å². The van der Waals surface area contributed by atoms with Crippen LogP contribution in [0.25, 0.3) is 11.5 Å². The van der Waals surface area contributed by atoms with E-state index in [2.05, 4.69) is 60.1 Å². The fourth-order valence-corrected chi connectivity index (χ4v) is 3.08. The van der Waals surface area contributed by atoms with Gasteiger partial charge in [0.1, 0.15) is 0 Å². The summed E-state index contributed by atoms with van der Waals surface area (Å²) in [6, 6.07) is 9.01. The molecule has 1 fully saturated rings. The lowest BCUT2D eigenvalue weighted by atomic mass is 9.95. The molecule has 3 rings (SSSR count). The quantitative estimate of drug-likeness (QED) is 0.835. The van der Waals surface area contributed by atoms with Crippen LogP contribution in [-0.2, 0) is 6.42 Å². The molecule has 5 heteroatoms. The first-order valence-electron chi connectivity index (χ1n) is 8.34. The molecule has 1 aliphatic rings. The number of rotatable bonds is 4. The minimum Gasteiger partial charge on any atom is -0.334 e. The van der Waals surface area contributed by atoms with Gasteiger partial charge >= 0.3 is 0 Å². The fraction of sp³-hybridized carbons (Fsp3) is 0.556. The Morgan fingerprint density at radius 2 is 1.83 bits per heavy atom. The zero-order valence-corrected chi connectivity index (χ0v) is 15.0. The van der Waals surface area contributed by atoms with E-state index in [0.29, 0.717) is 17.9 Å². The van der Waals surface area contributed by atoms with Gasteiger partial charge in [-0.15, -0.1) is 12.4 Å². The van der Waals surface area contributed by atoms with Crippen molar-refractivity contribution in [3.05, 3.63) is 35.7 Å². The Morgan fingerprint density at radius 3 is 2.39 bits per heavy atom. The van der Waals surface area contributed by atoms with Gasteiger partial charge in [-0.25, -0.2) is 0 Å².